The zero-order chi connectivity index (χ0) is 35.4. The number of carbonyl (C=O) groups excluding carboxylic acids is 3. The molecule has 14 heteroatoms. The number of fused-ring (bicyclic) bond motifs is 1. The van der Waals surface area contributed by atoms with E-state index in [0.717, 1.165) is 35.5 Å². The summed E-state index contributed by atoms with van der Waals surface area (Å²) >= 11 is 13.9. The molecule has 4 heterocycles. The van der Waals surface area contributed by atoms with E-state index in [1.165, 1.54) is 7.11 Å². The lowest BCUT2D eigenvalue weighted by atomic mass is 10.0. The molecular weight excluding hydrogens is 681 g/mol. The Hall–Kier alpha value is -4.49. The van der Waals surface area contributed by atoms with Gasteiger partial charge in [0.2, 0.25) is 5.91 Å². The number of methoxy groups -OCH3 is 2. The largest absolute Gasteiger partial charge is 0.496 e. The van der Waals surface area contributed by atoms with Gasteiger partial charge in [-0.2, -0.15) is 0 Å². The molecule has 50 heavy (non-hydrogen) atoms. The monoisotopic (exact) mass is 719 g/mol. The van der Waals surface area contributed by atoms with Crippen LogP contribution in [0.4, 0.5) is 5.69 Å². The number of aromatic nitrogens is 3. The van der Waals surface area contributed by atoms with Gasteiger partial charge in [0.1, 0.15) is 5.75 Å². The van der Waals surface area contributed by atoms with Gasteiger partial charge in [-0.1, -0.05) is 47.5 Å². The molecule has 3 N–H and O–H groups in total. The molecule has 0 spiro atoms. The van der Waals surface area contributed by atoms with Gasteiger partial charge in [0.05, 0.1) is 47.8 Å². The van der Waals surface area contributed by atoms with Gasteiger partial charge in [-0.05, 0) is 24.6 Å². The lowest BCUT2D eigenvalue weighted by molar-refractivity contribution is -0.141. The maximum atomic E-state index is 13.5. The number of hydrogen-bond acceptors (Lipinski definition) is 9. The van der Waals surface area contributed by atoms with Crippen molar-refractivity contribution in [3.63, 3.8) is 0 Å². The third kappa shape index (κ3) is 7.63. The summed E-state index contributed by atoms with van der Waals surface area (Å²) in [6, 6.07) is 13.1. The number of pyridine rings is 1. The Bertz CT molecular complexity index is 1930. The first-order valence-corrected chi connectivity index (χ1v) is 17.2. The van der Waals surface area contributed by atoms with E-state index >= 15 is 0 Å². The van der Waals surface area contributed by atoms with Gasteiger partial charge in [-0.3, -0.25) is 24.3 Å². The molecule has 0 radical (unpaired) electrons. The number of esters is 1. The molecular formula is C36H39Cl2N7O5. The van der Waals surface area contributed by atoms with Crippen molar-refractivity contribution in [1.29, 1.82) is 0 Å². The number of halogens is 2. The minimum absolute atomic E-state index is 0.0917. The summed E-state index contributed by atoms with van der Waals surface area (Å²) in [6.45, 7) is 3.10. The highest BCUT2D eigenvalue weighted by atomic mass is 35.5. The summed E-state index contributed by atoms with van der Waals surface area (Å²) in [5.74, 6) is 0.397. The highest BCUT2D eigenvalue weighted by molar-refractivity contribution is 6.39. The zero-order valence-corrected chi connectivity index (χ0v) is 29.7. The minimum Gasteiger partial charge on any atom is -0.496 e. The molecule has 0 aliphatic carbocycles. The Kier molecular flexibility index (Phi) is 11.0. The molecule has 12 nitrogen and oxygen atoms in total. The van der Waals surface area contributed by atoms with Crippen molar-refractivity contribution in [2.45, 2.75) is 44.8 Å². The van der Waals surface area contributed by atoms with Crippen molar-refractivity contribution >= 4 is 46.7 Å². The molecule has 6 rings (SSSR count). The maximum absolute atomic E-state index is 13.5. The van der Waals surface area contributed by atoms with Crippen molar-refractivity contribution in [2.24, 2.45) is 7.05 Å². The average Bonchev–Trinajstić information content (AvgIpc) is 3.69. The molecule has 0 unspecified atom stereocenters. The van der Waals surface area contributed by atoms with Crippen LogP contribution in [0.1, 0.15) is 46.8 Å². The summed E-state index contributed by atoms with van der Waals surface area (Å²) in [6.07, 6.45) is 4.07. The zero-order valence-electron chi connectivity index (χ0n) is 28.1. The van der Waals surface area contributed by atoms with Crippen LogP contribution in [-0.4, -0.2) is 77.1 Å². The molecule has 2 aliphatic rings. The lowest BCUT2D eigenvalue weighted by Gasteiger charge is -2.26. The van der Waals surface area contributed by atoms with Gasteiger partial charge < -0.3 is 30.0 Å². The lowest BCUT2D eigenvalue weighted by Crippen LogP contribution is -2.35. The molecule has 2 aromatic carbocycles. The van der Waals surface area contributed by atoms with Crippen molar-refractivity contribution in [1.82, 2.24) is 30.1 Å². The Morgan fingerprint density at radius 3 is 2.66 bits per heavy atom. The van der Waals surface area contributed by atoms with Crippen LogP contribution < -0.4 is 20.7 Å². The highest BCUT2D eigenvalue weighted by Gasteiger charge is 2.27. The predicted molar refractivity (Wildman–Crippen MR) is 191 cm³/mol. The third-order valence-electron chi connectivity index (χ3n) is 9.18. The average molecular weight is 721 g/mol. The second-order valence-electron chi connectivity index (χ2n) is 12.3. The molecule has 1 saturated heterocycles. The summed E-state index contributed by atoms with van der Waals surface area (Å²) in [7, 11) is 4.83. The van der Waals surface area contributed by atoms with Gasteiger partial charge in [0.25, 0.3) is 5.91 Å². The first-order valence-electron chi connectivity index (χ1n) is 16.4. The van der Waals surface area contributed by atoms with Crippen LogP contribution in [0, 0.1) is 0 Å². The minimum atomic E-state index is -0.391. The topological polar surface area (TPSA) is 140 Å². The Morgan fingerprint density at radius 1 is 1.08 bits per heavy atom. The van der Waals surface area contributed by atoms with Gasteiger partial charge in [0, 0.05) is 92.8 Å². The molecule has 2 amide bonds. The molecule has 2 aromatic heterocycles. The van der Waals surface area contributed by atoms with E-state index in [1.54, 1.807) is 31.5 Å². The van der Waals surface area contributed by atoms with Gasteiger partial charge >= 0.3 is 5.97 Å². The number of amides is 2. The molecule has 4 aromatic rings. The predicted octanol–water partition coefficient (Wildman–Crippen LogP) is 5.01. The maximum Gasteiger partial charge on any atom is 0.306 e. The van der Waals surface area contributed by atoms with Gasteiger partial charge in [-0.15, -0.1) is 0 Å². The summed E-state index contributed by atoms with van der Waals surface area (Å²) in [5, 5.41) is 10.0. The van der Waals surface area contributed by atoms with Crippen molar-refractivity contribution < 1.29 is 23.9 Å². The number of rotatable bonds is 12. The summed E-state index contributed by atoms with van der Waals surface area (Å²) in [5.41, 5.74) is 5.78. The fraction of sp³-hybridized carbons (Fsp3) is 0.361. The number of hydrogen-bond donors (Lipinski definition) is 3. The molecule has 262 valence electrons. The molecule has 0 saturated carbocycles. The molecule has 1 fully saturated rings. The van der Waals surface area contributed by atoms with Crippen LogP contribution in [-0.2, 0) is 40.9 Å². The standard InChI is InChI=1S/C36H39Cl2N7O5/c1-44-28-12-15-45(16-13-31(47)50-3)20-27(28)42-35(44)36(48)43-26-6-4-5-24(32(26)37)25-11-14-40-34(33(25)38)21-7-8-22(29(17-21)49-2)18-39-19-23-9-10-30(46)41-23/h4-8,11,14,17,23,39H,9-10,12-13,15-16,18-20H2,1-3H3,(H,41,46)(H,43,48)/t23-/m0/s1. The number of nitrogens with one attached hydrogen (secondary N) is 3. The van der Waals surface area contributed by atoms with Crippen LogP contribution in [0.15, 0.2) is 48.7 Å². The van der Waals surface area contributed by atoms with Crippen molar-refractivity contribution in [3.8, 4) is 28.1 Å². The number of nitrogens with zero attached hydrogens (tertiary/aromatic N) is 4. The van der Waals surface area contributed by atoms with Crippen LogP contribution in [0.25, 0.3) is 22.4 Å². The van der Waals surface area contributed by atoms with Gasteiger partial charge in [0.15, 0.2) is 5.82 Å². The van der Waals surface area contributed by atoms with E-state index in [9.17, 15) is 14.4 Å². The Morgan fingerprint density at radius 2 is 1.90 bits per heavy atom. The van der Waals surface area contributed by atoms with E-state index < -0.39 is 5.91 Å². The smallest absolute Gasteiger partial charge is 0.306 e. The van der Waals surface area contributed by atoms with E-state index in [4.69, 9.17) is 32.7 Å². The first-order chi connectivity index (χ1) is 24.2. The van der Waals surface area contributed by atoms with Crippen LogP contribution in [0.5, 0.6) is 5.75 Å². The molecule has 0 bridgehead atoms. The van der Waals surface area contributed by atoms with Gasteiger partial charge in [-0.25, -0.2) is 4.98 Å². The number of carbonyl (C=O) groups is 3. The molecule has 2 aliphatic heterocycles. The second-order valence-corrected chi connectivity index (χ2v) is 13.1. The highest BCUT2D eigenvalue weighted by Crippen LogP contribution is 2.41. The fourth-order valence-corrected chi connectivity index (χ4v) is 7.04. The quantitative estimate of drug-likeness (QED) is 0.173. The number of benzene rings is 2. The van der Waals surface area contributed by atoms with Crippen molar-refractivity contribution in [3.05, 3.63) is 81.5 Å². The fourth-order valence-electron chi connectivity index (χ4n) is 6.44. The van der Waals surface area contributed by atoms with E-state index in [-0.39, 0.29) is 23.7 Å². The normalized spacial score (nSPS) is 15.8. The van der Waals surface area contributed by atoms with Crippen LogP contribution >= 0.6 is 23.2 Å². The second kappa shape index (κ2) is 15.6. The summed E-state index contributed by atoms with van der Waals surface area (Å²) < 4.78 is 12.3. The van der Waals surface area contributed by atoms with Crippen molar-refractivity contribution in [2.75, 3.05) is 39.2 Å². The Labute approximate surface area is 300 Å². The number of imidazole rings is 1. The third-order valence-corrected chi connectivity index (χ3v) is 9.97. The van der Waals surface area contributed by atoms with Crippen LogP contribution in [0.3, 0.4) is 0 Å². The van der Waals surface area contributed by atoms with Crippen LogP contribution in [0.2, 0.25) is 10.0 Å². The number of ether oxygens (including phenoxy) is 2. The van der Waals surface area contributed by atoms with E-state index in [2.05, 4.69) is 30.8 Å². The van der Waals surface area contributed by atoms with E-state index in [0.29, 0.717) is 83.7 Å². The first kappa shape index (κ1) is 35.3. The number of anilines is 1. The molecule has 1 atom stereocenters. The summed E-state index contributed by atoms with van der Waals surface area (Å²) in [4.78, 5) is 48.0. The van der Waals surface area contributed by atoms with E-state index in [1.807, 2.05) is 35.9 Å². The Balaban J connectivity index is 1.18. The SMILES string of the molecule is COC(=O)CCN1CCc2c(nc(C(=O)Nc3cccc(-c4ccnc(-c5ccc(CNC[C@@H]6CCC(=O)N6)c(OC)c5)c4Cl)c3Cl)n2C)C1.